The summed E-state index contributed by atoms with van der Waals surface area (Å²) in [5.41, 5.74) is 1.63. The van der Waals surface area contributed by atoms with E-state index in [0.29, 0.717) is 5.41 Å². The second kappa shape index (κ2) is 7.64. The highest BCUT2D eigenvalue weighted by molar-refractivity contribution is 5.85. The first-order valence-electron chi connectivity index (χ1n) is 7.87. The standard InChI is InChI=1S/C17H26N2O2.ClH/c1-17(6-7-18-12-17)13-19-8-9-21-16(11-19)14-4-3-5-15(10-14)20-2;/h3-5,10,16,18H,6-9,11-13H2,1-2H3;1H. The van der Waals surface area contributed by atoms with Crippen LogP contribution in [0.3, 0.4) is 0 Å². The van der Waals surface area contributed by atoms with Crippen LogP contribution >= 0.6 is 12.4 Å². The summed E-state index contributed by atoms with van der Waals surface area (Å²) in [5.74, 6) is 0.903. The fourth-order valence-corrected chi connectivity index (χ4v) is 3.43. The van der Waals surface area contributed by atoms with Crippen LogP contribution in [0.2, 0.25) is 0 Å². The van der Waals surface area contributed by atoms with Gasteiger partial charge in [-0.2, -0.15) is 0 Å². The first-order chi connectivity index (χ1) is 10.2. The van der Waals surface area contributed by atoms with E-state index in [-0.39, 0.29) is 18.5 Å². The monoisotopic (exact) mass is 326 g/mol. The zero-order valence-corrected chi connectivity index (χ0v) is 14.3. The summed E-state index contributed by atoms with van der Waals surface area (Å²) in [7, 11) is 1.71. The molecule has 2 atom stereocenters. The molecule has 2 fully saturated rings. The summed E-state index contributed by atoms with van der Waals surface area (Å²) < 4.78 is 11.3. The fraction of sp³-hybridized carbons (Fsp3) is 0.647. The number of hydrogen-bond acceptors (Lipinski definition) is 4. The molecule has 5 heteroatoms. The maximum absolute atomic E-state index is 5.98. The molecule has 2 aliphatic rings. The third-order valence-electron chi connectivity index (χ3n) is 4.68. The lowest BCUT2D eigenvalue weighted by molar-refractivity contribution is -0.0401. The molecule has 0 aromatic heterocycles. The number of nitrogens with one attached hydrogen (secondary N) is 1. The van der Waals surface area contributed by atoms with Gasteiger partial charge >= 0.3 is 0 Å². The van der Waals surface area contributed by atoms with Crippen LogP contribution in [0, 0.1) is 5.41 Å². The van der Waals surface area contributed by atoms with Crippen molar-refractivity contribution in [1.29, 1.82) is 0 Å². The summed E-state index contributed by atoms with van der Waals surface area (Å²) in [6.45, 7) is 8.66. The molecule has 4 nitrogen and oxygen atoms in total. The van der Waals surface area contributed by atoms with Crippen molar-refractivity contribution in [2.75, 3.05) is 46.4 Å². The molecule has 124 valence electrons. The summed E-state index contributed by atoms with van der Waals surface area (Å²) in [4.78, 5) is 2.56. The average Bonchev–Trinajstić information content (AvgIpc) is 2.94. The predicted molar refractivity (Wildman–Crippen MR) is 91.0 cm³/mol. The van der Waals surface area contributed by atoms with Crippen LogP contribution in [0.1, 0.15) is 25.0 Å². The summed E-state index contributed by atoms with van der Waals surface area (Å²) in [6, 6.07) is 8.25. The Balaban J connectivity index is 0.00000176. The molecule has 2 aliphatic heterocycles. The van der Waals surface area contributed by atoms with Crippen molar-refractivity contribution in [3.63, 3.8) is 0 Å². The zero-order valence-electron chi connectivity index (χ0n) is 13.5. The lowest BCUT2D eigenvalue weighted by atomic mass is 9.89. The van der Waals surface area contributed by atoms with Gasteiger partial charge in [-0.15, -0.1) is 12.4 Å². The molecular formula is C17H27ClN2O2. The Morgan fingerprint density at radius 3 is 3.05 bits per heavy atom. The number of nitrogens with zero attached hydrogens (tertiary/aromatic N) is 1. The van der Waals surface area contributed by atoms with Gasteiger partial charge in [-0.05, 0) is 36.1 Å². The van der Waals surface area contributed by atoms with E-state index >= 15 is 0 Å². The number of morpholine rings is 1. The second-order valence-electron chi connectivity index (χ2n) is 6.61. The van der Waals surface area contributed by atoms with Gasteiger partial charge in [0.2, 0.25) is 0 Å². The van der Waals surface area contributed by atoms with Crippen LogP contribution in [0.5, 0.6) is 5.75 Å². The van der Waals surface area contributed by atoms with E-state index in [2.05, 4.69) is 29.3 Å². The molecule has 1 N–H and O–H groups in total. The summed E-state index contributed by atoms with van der Waals surface area (Å²) in [6.07, 6.45) is 1.43. The van der Waals surface area contributed by atoms with Gasteiger partial charge in [0.25, 0.3) is 0 Å². The van der Waals surface area contributed by atoms with Gasteiger partial charge in [-0.3, -0.25) is 4.90 Å². The number of hydrogen-bond donors (Lipinski definition) is 1. The molecular weight excluding hydrogens is 300 g/mol. The number of methoxy groups -OCH3 is 1. The van der Waals surface area contributed by atoms with Crippen molar-refractivity contribution in [3.8, 4) is 5.75 Å². The summed E-state index contributed by atoms with van der Waals surface area (Å²) >= 11 is 0. The van der Waals surface area contributed by atoms with Gasteiger partial charge in [0, 0.05) is 26.2 Å². The predicted octanol–water partition coefficient (Wildman–Crippen LogP) is 2.49. The first kappa shape index (κ1) is 17.5. The largest absolute Gasteiger partial charge is 0.497 e. The number of benzene rings is 1. The van der Waals surface area contributed by atoms with Gasteiger partial charge in [0.1, 0.15) is 5.75 Å². The van der Waals surface area contributed by atoms with Gasteiger partial charge in [0.15, 0.2) is 0 Å². The molecule has 0 saturated carbocycles. The molecule has 22 heavy (non-hydrogen) atoms. The van der Waals surface area contributed by atoms with Crippen LogP contribution in [0.4, 0.5) is 0 Å². The Morgan fingerprint density at radius 2 is 2.32 bits per heavy atom. The van der Waals surface area contributed by atoms with E-state index in [0.717, 1.165) is 45.1 Å². The quantitative estimate of drug-likeness (QED) is 0.921. The van der Waals surface area contributed by atoms with Crippen LogP contribution in [-0.4, -0.2) is 51.3 Å². The Hall–Kier alpha value is -0.810. The Kier molecular flexibility index (Phi) is 6.09. The van der Waals surface area contributed by atoms with Gasteiger partial charge in [-0.25, -0.2) is 0 Å². The lowest BCUT2D eigenvalue weighted by Gasteiger charge is -2.37. The van der Waals surface area contributed by atoms with Crippen LogP contribution < -0.4 is 10.1 Å². The molecule has 0 bridgehead atoms. The molecule has 0 radical (unpaired) electrons. The smallest absolute Gasteiger partial charge is 0.119 e. The minimum Gasteiger partial charge on any atom is -0.497 e. The van der Waals surface area contributed by atoms with Crippen molar-refractivity contribution in [3.05, 3.63) is 29.8 Å². The highest BCUT2D eigenvalue weighted by Crippen LogP contribution is 2.30. The van der Waals surface area contributed by atoms with Crippen LogP contribution in [0.15, 0.2) is 24.3 Å². The molecule has 0 aliphatic carbocycles. The second-order valence-corrected chi connectivity index (χ2v) is 6.61. The van der Waals surface area contributed by atoms with Crippen LogP contribution in [-0.2, 0) is 4.74 Å². The molecule has 0 spiro atoms. The van der Waals surface area contributed by atoms with Crippen molar-refractivity contribution < 1.29 is 9.47 Å². The number of halogens is 1. The van der Waals surface area contributed by atoms with Crippen molar-refractivity contribution in [2.45, 2.75) is 19.4 Å². The molecule has 0 amide bonds. The SMILES string of the molecule is COc1cccc(C2CN(CC3(C)CCNC3)CCO2)c1.Cl. The van der Waals surface area contributed by atoms with E-state index in [9.17, 15) is 0 Å². The molecule has 2 saturated heterocycles. The maximum atomic E-state index is 5.98. The van der Waals surface area contributed by atoms with E-state index in [1.54, 1.807) is 7.11 Å². The van der Waals surface area contributed by atoms with E-state index in [1.807, 2.05) is 12.1 Å². The Bertz CT molecular complexity index is 477. The topological polar surface area (TPSA) is 33.7 Å². The minimum absolute atomic E-state index is 0. The average molecular weight is 327 g/mol. The highest BCUT2D eigenvalue weighted by atomic mass is 35.5. The van der Waals surface area contributed by atoms with E-state index < -0.39 is 0 Å². The van der Waals surface area contributed by atoms with Crippen molar-refractivity contribution in [1.82, 2.24) is 10.2 Å². The first-order valence-corrected chi connectivity index (χ1v) is 7.87. The third kappa shape index (κ3) is 4.13. The summed E-state index contributed by atoms with van der Waals surface area (Å²) in [5, 5.41) is 3.49. The molecule has 3 rings (SSSR count). The van der Waals surface area contributed by atoms with E-state index in [4.69, 9.17) is 9.47 Å². The molecule has 1 aromatic carbocycles. The van der Waals surface area contributed by atoms with Gasteiger partial charge in [0.05, 0.1) is 19.8 Å². The van der Waals surface area contributed by atoms with Gasteiger partial charge in [-0.1, -0.05) is 19.1 Å². The maximum Gasteiger partial charge on any atom is 0.119 e. The fourth-order valence-electron chi connectivity index (χ4n) is 3.43. The van der Waals surface area contributed by atoms with Crippen molar-refractivity contribution >= 4 is 12.4 Å². The number of rotatable bonds is 4. The Morgan fingerprint density at radius 1 is 1.45 bits per heavy atom. The molecule has 2 unspecified atom stereocenters. The highest BCUT2D eigenvalue weighted by Gasteiger charge is 2.33. The van der Waals surface area contributed by atoms with Crippen LogP contribution in [0.25, 0.3) is 0 Å². The normalized spacial score (nSPS) is 29.1. The molecule has 2 heterocycles. The van der Waals surface area contributed by atoms with E-state index in [1.165, 1.54) is 12.0 Å². The lowest BCUT2D eigenvalue weighted by Crippen LogP contribution is -2.44. The Labute approximate surface area is 139 Å². The third-order valence-corrected chi connectivity index (χ3v) is 4.68. The van der Waals surface area contributed by atoms with Crippen molar-refractivity contribution in [2.24, 2.45) is 5.41 Å². The van der Waals surface area contributed by atoms with Gasteiger partial charge < -0.3 is 14.8 Å². The number of ether oxygens (including phenoxy) is 2. The zero-order chi connectivity index (χ0) is 14.7. The molecule has 1 aromatic rings. The minimum atomic E-state index is 0.